The second-order valence-corrected chi connectivity index (χ2v) is 4.37. The minimum absolute atomic E-state index is 0.280. The summed E-state index contributed by atoms with van der Waals surface area (Å²) >= 11 is 0. The molecular formula is C14H12FN5O. The molecule has 1 aromatic heterocycles. The number of aromatic hydroxyl groups is 1. The first-order chi connectivity index (χ1) is 10.3. The van der Waals surface area contributed by atoms with Crippen molar-refractivity contribution in [1.29, 1.82) is 0 Å². The highest BCUT2D eigenvalue weighted by Gasteiger charge is 2.08. The van der Waals surface area contributed by atoms with Gasteiger partial charge in [-0.3, -0.25) is 0 Å². The molecule has 1 heterocycles. The van der Waals surface area contributed by atoms with Gasteiger partial charge >= 0.3 is 0 Å². The third-order valence-electron chi connectivity index (χ3n) is 3.04. The van der Waals surface area contributed by atoms with Crippen LogP contribution in [-0.4, -0.2) is 25.3 Å². The summed E-state index contributed by atoms with van der Waals surface area (Å²) in [5, 5.41) is 23.9. The topological polar surface area (TPSA) is 75.9 Å². The summed E-state index contributed by atoms with van der Waals surface area (Å²) in [6, 6.07) is 11.9. The highest BCUT2D eigenvalue weighted by atomic mass is 19.1. The van der Waals surface area contributed by atoms with E-state index in [0.29, 0.717) is 5.56 Å². The summed E-state index contributed by atoms with van der Waals surface area (Å²) in [6.45, 7) is 0.280. The van der Waals surface area contributed by atoms with Crippen LogP contribution >= 0.6 is 0 Å². The van der Waals surface area contributed by atoms with Gasteiger partial charge in [-0.15, -0.1) is 5.10 Å². The predicted octanol–water partition coefficient (Wildman–Crippen LogP) is 2.12. The molecule has 106 valence electrons. The van der Waals surface area contributed by atoms with E-state index in [9.17, 15) is 9.50 Å². The lowest BCUT2D eigenvalue weighted by Crippen LogP contribution is -2.05. The van der Waals surface area contributed by atoms with Crippen LogP contribution in [0.2, 0.25) is 0 Å². The normalized spacial score (nSPS) is 10.5. The van der Waals surface area contributed by atoms with Crippen LogP contribution < -0.4 is 5.32 Å². The lowest BCUT2D eigenvalue weighted by atomic mass is 10.2. The number of hydrogen-bond acceptors (Lipinski definition) is 5. The molecule has 0 atom stereocenters. The molecule has 0 aliphatic heterocycles. The monoisotopic (exact) mass is 285 g/mol. The Morgan fingerprint density at radius 2 is 2.00 bits per heavy atom. The molecule has 2 aromatic carbocycles. The maximum Gasteiger partial charge on any atom is 0.165 e. The third kappa shape index (κ3) is 2.66. The molecule has 21 heavy (non-hydrogen) atoms. The molecule has 0 saturated carbocycles. The number of nitrogens with one attached hydrogen (secondary N) is 1. The number of anilines is 1. The summed E-state index contributed by atoms with van der Waals surface area (Å²) in [6.07, 6.45) is 1.49. The van der Waals surface area contributed by atoms with Gasteiger partial charge in [-0.05, 0) is 28.6 Å². The number of para-hydroxylation sites is 3. The summed E-state index contributed by atoms with van der Waals surface area (Å²) in [5.41, 5.74) is 2.01. The smallest absolute Gasteiger partial charge is 0.165 e. The molecule has 0 fully saturated rings. The first-order valence-corrected chi connectivity index (χ1v) is 6.28. The largest absolute Gasteiger partial charge is 0.505 e. The number of tetrazole rings is 1. The molecule has 0 aliphatic rings. The fourth-order valence-electron chi connectivity index (χ4n) is 1.99. The van der Waals surface area contributed by atoms with E-state index in [2.05, 4.69) is 20.8 Å². The number of halogens is 1. The highest BCUT2D eigenvalue weighted by molar-refractivity contribution is 5.60. The average Bonchev–Trinajstić information content (AvgIpc) is 3.03. The van der Waals surface area contributed by atoms with E-state index in [0.717, 1.165) is 11.4 Å². The van der Waals surface area contributed by atoms with E-state index in [1.54, 1.807) is 12.1 Å². The Morgan fingerprint density at radius 1 is 1.14 bits per heavy atom. The fourth-order valence-corrected chi connectivity index (χ4v) is 1.99. The number of phenols is 1. The fraction of sp³-hybridized carbons (Fsp3) is 0.0714. The summed E-state index contributed by atoms with van der Waals surface area (Å²) < 4.78 is 14.8. The van der Waals surface area contributed by atoms with Gasteiger partial charge in [0, 0.05) is 12.1 Å². The van der Waals surface area contributed by atoms with Crippen LogP contribution in [0.3, 0.4) is 0 Å². The van der Waals surface area contributed by atoms with Gasteiger partial charge in [0.25, 0.3) is 0 Å². The van der Waals surface area contributed by atoms with Crippen molar-refractivity contribution in [2.45, 2.75) is 6.54 Å². The van der Waals surface area contributed by atoms with Crippen molar-refractivity contribution >= 4 is 5.69 Å². The third-order valence-corrected chi connectivity index (χ3v) is 3.04. The number of nitrogens with zero attached hydrogens (tertiary/aromatic N) is 4. The van der Waals surface area contributed by atoms with E-state index in [1.807, 2.05) is 24.3 Å². The van der Waals surface area contributed by atoms with Crippen LogP contribution in [0.4, 0.5) is 10.1 Å². The van der Waals surface area contributed by atoms with Crippen LogP contribution in [0.15, 0.2) is 48.8 Å². The van der Waals surface area contributed by atoms with Crippen LogP contribution in [0, 0.1) is 5.82 Å². The lowest BCUT2D eigenvalue weighted by molar-refractivity contribution is 0.427. The standard InChI is InChI=1S/C14H12FN5O/c15-11-5-3-4-10(14(11)21)8-16-12-6-1-2-7-13(12)20-9-17-18-19-20/h1-7,9,16,21H,8H2. The van der Waals surface area contributed by atoms with Crippen molar-refractivity contribution in [3.8, 4) is 11.4 Å². The van der Waals surface area contributed by atoms with Crippen molar-refractivity contribution in [3.63, 3.8) is 0 Å². The molecule has 3 aromatic rings. The minimum Gasteiger partial charge on any atom is -0.505 e. The number of phenolic OH excluding ortho intramolecular Hbond substituents is 1. The van der Waals surface area contributed by atoms with E-state index in [4.69, 9.17) is 0 Å². The van der Waals surface area contributed by atoms with Crippen LogP contribution in [-0.2, 0) is 6.54 Å². The molecule has 0 saturated heterocycles. The maximum absolute atomic E-state index is 13.3. The molecule has 2 N–H and O–H groups in total. The molecule has 6 nitrogen and oxygen atoms in total. The summed E-state index contributed by atoms with van der Waals surface area (Å²) in [7, 11) is 0. The number of aromatic nitrogens is 4. The van der Waals surface area contributed by atoms with Gasteiger partial charge in [0.2, 0.25) is 0 Å². The highest BCUT2D eigenvalue weighted by Crippen LogP contribution is 2.24. The molecule has 3 rings (SSSR count). The van der Waals surface area contributed by atoms with Gasteiger partial charge in [0.15, 0.2) is 11.6 Å². The number of benzene rings is 2. The van der Waals surface area contributed by atoms with Crippen molar-refractivity contribution < 1.29 is 9.50 Å². The van der Waals surface area contributed by atoms with Gasteiger partial charge < -0.3 is 10.4 Å². The Morgan fingerprint density at radius 3 is 2.81 bits per heavy atom. The van der Waals surface area contributed by atoms with Gasteiger partial charge in [-0.2, -0.15) is 4.68 Å². The molecule has 7 heteroatoms. The van der Waals surface area contributed by atoms with Crippen LogP contribution in [0.5, 0.6) is 5.75 Å². The minimum atomic E-state index is -0.636. The Hall–Kier alpha value is -2.96. The van der Waals surface area contributed by atoms with Crippen LogP contribution in [0.25, 0.3) is 5.69 Å². The predicted molar refractivity (Wildman–Crippen MR) is 74.5 cm³/mol. The molecule has 0 unspecified atom stereocenters. The van der Waals surface area contributed by atoms with Gasteiger partial charge in [-0.1, -0.05) is 24.3 Å². The number of hydrogen-bond donors (Lipinski definition) is 2. The Labute approximate surface area is 119 Å². The van der Waals surface area contributed by atoms with Crippen LogP contribution in [0.1, 0.15) is 5.56 Å². The molecule has 0 aliphatic carbocycles. The SMILES string of the molecule is Oc1c(F)cccc1CNc1ccccc1-n1cnnn1. The average molecular weight is 285 g/mol. The first kappa shape index (κ1) is 13.0. The Kier molecular flexibility index (Phi) is 3.46. The second kappa shape index (κ2) is 5.58. The quantitative estimate of drug-likeness (QED) is 0.768. The van der Waals surface area contributed by atoms with Crippen molar-refractivity contribution in [1.82, 2.24) is 20.2 Å². The van der Waals surface area contributed by atoms with Gasteiger partial charge in [0.1, 0.15) is 6.33 Å². The van der Waals surface area contributed by atoms with Gasteiger partial charge in [-0.25, -0.2) is 4.39 Å². The molecule has 0 radical (unpaired) electrons. The maximum atomic E-state index is 13.3. The van der Waals surface area contributed by atoms with E-state index in [-0.39, 0.29) is 12.3 Å². The number of rotatable bonds is 4. The molecule has 0 bridgehead atoms. The molecular weight excluding hydrogens is 273 g/mol. The zero-order chi connectivity index (χ0) is 14.7. The molecule has 0 spiro atoms. The lowest BCUT2D eigenvalue weighted by Gasteiger charge is -2.12. The summed E-state index contributed by atoms with van der Waals surface area (Å²) in [5.74, 6) is -0.979. The van der Waals surface area contributed by atoms with Crippen molar-refractivity contribution in [2.24, 2.45) is 0 Å². The summed E-state index contributed by atoms with van der Waals surface area (Å²) in [4.78, 5) is 0. The van der Waals surface area contributed by atoms with Crippen molar-refractivity contribution in [3.05, 3.63) is 60.2 Å². The Balaban J connectivity index is 1.85. The first-order valence-electron chi connectivity index (χ1n) is 6.28. The second-order valence-electron chi connectivity index (χ2n) is 4.37. The Bertz CT molecular complexity index is 745. The van der Waals surface area contributed by atoms with E-state index >= 15 is 0 Å². The zero-order valence-electron chi connectivity index (χ0n) is 10.9. The van der Waals surface area contributed by atoms with E-state index < -0.39 is 5.82 Å². The van der Waals surface area contributed by atoms with E-state index in [1.165, 1.54) is 17.1 Å². The van der Waals surface area contributed by atoms with Crippen molar-refractivity contribution in [2.75, 3.05) is 5.32 Å². The zero-order valence-corrected chi connectivity index (χ0v) is 10.9. The van der Waals surface area contributed by atoms with Gasteiger partial charge in [0.05, 0.1) is 11.4 Å². The molecule has 0 amide bonds.